The number of hydrogen-bond donors (Lipinski definition) is 0. The Kier molecular flexibility index (Phi) is 2.29. The number of rotatable bonds is 1. The molecular weight excluding hydrogens is 187 g/mol. The van der Waals surface area contributed by atoms with Crippen molar-refractivity contribution >= 4 is 11.6 Å². The Balaban J connectivity index is 2.38. The average molecular weight is 199 g/mol. The van der Waals surface area contributed by atoms with E-state index in [4.69, 9.17) is 11.6 Å². The van der Waals surface area contributed by atoms with E-state index in [2.05, 4.69) is 0 Å². The maximum atomic E-state index is 12.9. The Labute approximate surface area is 82.7 Å². The molecule has 0 heterocycles. The second-order valence-electron chi connectivity index (χ2n) is 3.67. The van der Waals surface area contributed by atoms with Crippen molar-refractivity contribution in [3.8, 4) is 0 Å². The van der Waals surface area contributed by atoms with Crippen LogP contribution < -0.4 is 0 Å². The highest BCUT2D eigenvalue weighted by Gasteiger charge is 2.26. The first-order chi connectivity index (χ1) is 6.18. The van der Waals surface area contributed by atoms with Crippen LogP contribution in [0.2, 0.25) is 0 Å². The molecule has 1 aromatic carbocycles. The molecule has 0 radical (unpaired) electrons. The molecule has 1 aromatic rings. The summed E-state index contributed by atoms with van der Waals surface area (Å²) in [5.41, 5.74) is 2.38. The summed E-state index contributed by atoms with van der Waals surface area (Å²) in [4.78, 5) is 0. The predicted octanol–water partition coefficient (Wildman–Crippen LogP) is 3.48. The summed E-state index contributed by atoms with van der Waals surface area (Å²) in [6, 6.07) is 5.03. The highest BCUT2D eigenvalue weighted by molar-refractivity contribution is 6.20. The lowest BCUT2D eigenvalue weighted by molar-refractivity contribution is 0.625. The standard InChI is InChI=1S/C11H12ClF/c1-7(12)10-4-2-8-6-9(13)3-5-11(8)10/h3,5-7,10H,2,4H2,1H3. The van der Waals surface area contributed by atoms with Gasteiger partial charge < -0.3 is 0 Å². The van der Waals surface area contributed by atoms with Crippen LogP contribution in [0.4, 0.5) is 4.39 Å². The van der Waals surface area contributed by atoms with Crippen LogP contribution in [0.15, 0.2) is 18.2 Å². The predicted molar refractivity (Wildman–Crippen MR) is 52.8 cm³/mol. The molecular formula is C11H12ClF. The molecule has 2 atom stereocenters. The molecule has 2 unspecified atom stereocenters. The minimum atomic E-state index is -0.137. The van der Waals surface area contributed by atoms with Gasteiger partial charge in [-0.2, -0.15) is 0 Å². The molecule has 0 saturated carbocycles. The van der Waals surface area contributed by atoms with E-state index in [9.17, 15) is 4.39 Å². The van der Waals surface area contributed by atoms with Crippen LogP contribution in [0.5, 0.6) is 0 Å². The van der Waals surface area contributed by atoms with Crippen molar-refractivity contribution < 1.29 is 4.39 Å². The zero-order valence-corrected chi connectivity index (χ0v) is 8.31. The molecule has 1 aliphatic rings. The molecule has 0 nitrogen and oxygen atoms in total. The summed E-state index contributed by atoms with van der Waals surface area (Å²) in [5.74, 6) is 0.277. The fourth-order valence-electron chi connectivity index (χ4n) is 2.10. The van der Waals surface area contributed by atoms with Crippen molar-refractivity contribution in [3.63, 3.8) is 0 Å². The third-order valence-corrected chi connectivity index (χ3v) is 3.09. The molecule has 0 aromatic heterocycles. The van der Waals surface area contributed by atoms with Gasteiger partial charge in [-0.3, -0.25) is 0 Å². The molecule has 0 amide bonds. The van der Waals surface area contributed by atoms with Gasteiger partial charge in [0.2, 0.25) is 0 Å². The molecule has 0 saturated heterocycles. The quantitative estimate of drug-likeness (QED) is 0.606. The van der Waals surface area contributed by atoms with Crippen LogP contribution in [0.3, 0.4) is 0 Å². The van der Waals surface area contributed by atoms with Gasteiger partial charge in [-0.1, -0.05) is 6.07 Å². The fourth-order valence-corrected chi connectivity index (χ4v) is 2.36. The van der Waals surface area contributed by atoms with E-state index in [0.29, 0.717) is 5.92 Å². The van der Waals surface area contributed by atoms with Crippen molar-refractivity contribution in [2.24, 2.45) is 0 Å². The van der Waals surface area contributed by atoms with Gasteiger partial charge in [0, 0.05) is 11.3 Å². The molecule has 2 rings (SSSR count). The van der Waals surface area contributed by atoms with Gasteiger partial charge in [0.1, 0.15) is 5.82 Å². The number of fused-ring (bicyclic) bond motifs is 1. The Morgan fingerprint density at radius 1 is 1.54 bits per heavy atom. The number of hydrogen-bond acceptors (Lipinski definition) is 0. The molecule has 0 N–H and O–H groups in total. The summed E-state index contributed by atoms with van der Waals surface area (Å²) in [6.07, 6.45) is 2.03. The zero-order chi connectivity index (χ0) is 9.42. The van der Waals surface area contributed by atoms with E-state index in [-0.39, 0.29) is 11.2 Å². The van der Waals surface area contributed by atoms with Crippen LogP contribution >= 0.6 is 11.6 Å². The lowest BCUT2D eigenvalue weighted by Gasteiger charge is -2.13. The first kappa shape index (κ1) is 9.01. The summed E-state index contributed by atoms with van der Waals surface area (Å²) in [6.45, 7) is 2.00. The summed E-state index contributed by atoms with van der Waals surface area (Å²) < 4.78 is 12.9. The van der Waals surface area contributed by atoms with Crippen molar-refractivity contribution in [3.05, 3.63) is 35.1 Å². The van der Waals surface area contributed by atoms with Crippen LogP contribution in [0, 0.1) is 5.82 Å². The molecule has 13 heavy (non-hydrogen) atoms. The Hall–Kier alpha value is -0.560. The lowest BCUT2D eigenvalue weighted by Crippen LogP contribution is -2.05. The number of benzene rings is 1. The van der Waals surface area contributed by atoms with E-state index in [1.807, 2.05) is 13.0 Å². The monoisotopic (exact) mass is 198 g/mol. The second-order valence-corrected chi connectivity index (χ2v) is 4.35. The van der Waals surface area contributed by atoms with E-state index in [0.717, 1.165) is 18.4 Å². The van der Waals surface area contributed by atoms with Crippen molar-refractivity contribution in [2.75, 3.05) is 0 Å². The summed E-state index contributed by atoms with van der Waals surface area (Å²) in [5, 5.41) is 0.145. The Bertz CT molecular complexity index is 320. The molecule has 0 aliphatic heterocycles. The minimum Gasteiger partial charge on any atom is -0.207 e. The smallest absolute Gasteiger partial charge is 0.123 e. The van der Waals surface area contributed by atoms with Crippen LogP contribution in [0.25, 0.3) is 0 Å². The number of aryl methyl sites for hydroxylation is 1. The van der Waals surface area contributed by atoms with Gasteiger partial charge in [0.15, 0.2) is 0 Å². The van der Waals surface area contributed by atoms with Gasteiger partial charge in [-0.15, -0.1) is 11.6 Å². The maximum absolute atomic E-state index is 12.9. The first-order valence-corrected chi connectivity index (χ1v) is 5.04. The van der Waals surface area contributed by atoms with E-state index in [1.165, 1.54) is 11.6 Å². The van der Waals surface area contributed by atoms with Gasteiger partial charge in [0.05, 0.1) is 0 Å². The fraction of sp³-hybridized carbons (Fsp3) is 0.455. The van der Waals surface area contributed by atoms with E-state index >= 15 is 0 Å². The molecule has 0 bridgehead atoms. The van der Waals surface area contributed by atoms with Gasteiger partial charge >= 0.3 is 0 Å². The van der Waals surface area contributed by atoms with E-state index < -0.39 is 0 Å². The maximum Gasteiger partial charge on any atom is 0.123 e. The van der Waals surface area contributed by atoms with Gasteiger partial charge in [0.25, 0.3) is 0 Å². The molecule has 70 valence electrons. The topological polar surface area (TPSA) is 0 Å². The first-order valence-electron chi connectivity index (χ1n) is 4.61. The number of alkyl halides is 1. The van der Waals surface area contributed by atoms with Gasteiger partial charge in [-0.05, 0) is 43.0 Å². The highest BCUT2D eigenvalue weighted by Crippen LogP contribution is 2.37. The summed E-state index contributed by atoms with van der Waals surface area (Å²) >= 11 is 6.06. The van der Waals surface area contributed by atoms with E-state index in [1.54, 1.807) is 6.07 Å². The van der Waals surface area contributed by atoms with Crippen molar-refractivity contribution in [1.82, 2.24) is 0 Å². The average Bonchev–Trinajstić information content (AvgIpc) is 2.46. The summed E-state index contributed by atoms with van der Waals surface area (Å²) in [7, 11) is 0. The van der Waals surface area contributed by atoms with Gasteiger partial charge in [-0.25, -0.2) is 4.39 Å². The third-order valence-electron chi connectivity index (χ3n) is 2.78. The SMILES string of the molecule is CC(Cl)C1CCc2cc(F)ccc21. The second kappa shape index (κ2) is 3.30. The molecule has 1 aliphatic carbocycles. The lowest BCUT2D eigenvalue weighted by atomic mass is 9.98. The normalized spacial score (nSPS) is 22.8. The Morgan fingerprint density at radius 3 is 3.00 bits per heavy atom. The third kappa shape index (κ3) is 1.58. The highest BCUT2D eigenvalue weighted by atomic mass is 35.5. The zero-order valence-electron chi connectivity index (χ0n) is 7.56. The Morgan fingerprint density at radius 2 is 2.31 bits per heavy atom. The van der Waals surface area contributed by atoms with Crippen LogP contribution in [0.1, 0.15) is 30.4 Å². The van der Waals surface area contributed by atoms with Crippen LogP contribution in [-0.4, -0.2) is 5.38 Å². The largest absolute Gasteiger partial charge is 0.207 e. The number of halogens is 2. The van der Waals surface area contributed by atoms with Crippen molar-refractivity contribution in [1.29, 1.82) is 0 Å². The van der Waals surface area contributed by atoms with Crippen LogP contribution in [-0.2, 0) is 6.42 Å². The molecule has 0 fully saturated rings. The molecule has 2 heteroatoms. The molecule has 0 spiro atoms. The van der Waals surface area contributed by atoms with Crippen molar-refractivity contribution in [2.45, 2.75) is 31.1 Å². The minimum absolute atomic E-state index is 0.137.